The Balaban J connectivity index is 1.90. The van der Waals surface area contributed by atoms with Crippen LogP contribution in [-0.2, 0) is 10.0 Å². The van der Waals surface area contributed by atoms with Crippen molar-refractivity contribution in [2.45, 2.75) is 34.9 Å². The van der Waals surface area contributed by atoms with Gasteiger partial charge in [0.05, 0.1) is 10.6 Å². The summed E-state index contributed by atoms with van der Waals surface area (Å²) in [6.45, 7) is 6.09. The summed E-state index contributed by atoms with van der Waals surface area (Å²) >= 11 is 2.82. The number of benzene rings is 2. The molecule has 0 saturated heterocycles. The molecule has 0 radical (unpaired) electrons. The molecular formula is C20H22N4O3S3. The topological polar surface area (TPSA) is 92.3 Å². The van der Waals surface area contributed by atoms with Gasteiger partial charge in [0.15, 0.2) is 4.34 Å². The van der Waals surface area contributed by atoms with Gasteiger partial charge in [0.2, 0.25) is 10.0 Å². The smallest absolute Gasteiger partial charge is 0.256 e. The number of aromatic nitrogens is 2. The molecule has 10 heteroatoms. The summed E-state index contributed by atoms with van der Waals surface area (Å²) in [6.07, 6.45) is 0. The van der Waals surface area contributed by atoms with Crippen molar-refractivity contribution in [1.29, 1.82) is 0 Å². The minimum Gasteiger partial charge on any atom is -0.321 e. The second kappa shape index (κ2) is 9.69. The zero-order valence-electron chi connectivity index (χ0n) is 16.8. The molecule has 1 heterocycles. The van der Waals surface area contributed by atoms with Gasteiger partial charge in [-0.15, -0.1) is 10.2 Å². The van der Waals surface area contributed by atoms with Gasteiger partial charge in [-0.3, -0.25) is 4.79 Å². The van der Waals surface area contributed by atoms with Crippen molar-refractivity contribution in [2.75, 3.05) is 18.4 Å². The number of amides is 1. The molecule has 7 nitrogen and oxygen atoms in total. The van der Waals surface area contributed by atoms with E-state index in [2.05, 4.69) is 15.5 Å². The van der Waals surface area contributed by atoms with Crippen molar-refractivity contribution in [3.05, 3.63) is 59.1 Å². The molecule has 30 heavy (non-hydrogen) atoms. The van der Waals surface area contributed by atoms with Crippen molar-refractivity contribution in [3.8, 4) is 0 Å². The fourth-order valence-electron chi connectivity index (χ4n) is 2.87. The predicted molar refractivity (Wildman–Crippen MR) is 120 cm³/mol. The first-order valence-electron chi connectivity index (χ1n) is 9.32. The largest absolute Gasteiger partial charge is 0.321 e. The number of rotatable bonds is 8. The average Bonchev–Trinajstić information content (AvgIpc) is 3.23. The Morgan fingerprint density at radius 1 is 1.17 bits per heavy atom. The first-order valence-corrected chi connectivity index (χ1v) is 12.5. The van der Waals surface area contributed by atoms with E-state index in [1.807, 2.05) is 18.2 Å². The van der Waals surface area contributed by atoms with Gasteiger partial charge < -0.3 is 5.32 Å². The fourth-order valence-corrected chi connectivity index (χ4v) is 5.87. The van der Waals surface area contributed by atoms with E-state index in [0.29, 0.717) is 29.9 Å². The van der Waals surface area contributed by atoms with Crippen LogP contribution < -0.4 is 5.32 Å². The van der Waals surface area contributed by atoms with Crippen LogP contribution in [0.1, 0.15) is 29.8 Å². The van der Waals surface area contributed by atoms with E-state index in [1.165, 1.54) is 33.5 Å². The van der Waals surface area contributed by atoms with Gasteiger partial charge in [-0.05, 0) is 36.8 Å². The third-order valence-electron chi connectivity index (χ3n) is 4.47. The maximum absolute atomic E-state index is 13.0. The summed E-state index contributed by atoms with van der Waals surface area (Å²) in [5, 5.41) is 10.8. The van der Waals surface area contributed by atoms with Crippen LogP contribution >= 0.6 is 23.1 Å². The zero-order chi connectivity index (χ0) is 21.7. The van der Waals surface area contributed by atoms with Crippen LogP contribution in [0.5, 0.6) is 0 Å². The lowest BCUT2D eigenvalue weighted by Crippen LogP contribution is -2.30. The predicted octanol–water partition coefficient (Wildman–Crippen LogP) is 4.28. The molecule has 0 bridgehead atoms. The lowest BCUT2D eigenvalue weighted by atomic mass is 10.1. The summed E-state index contributed by atoms with van der Waals surface area (Å²) in [6, 6.07) is 12.0. The van der Waals surface area contributed by atoms with Gasteiger partial charge in [0.1, 0.15) is 5.51 Å². The van der Waals surface area contributed by atoms with Crippen LogP contribution in [0, 0.1) is 6.92 Å². The zero-order valence-corrected chi connectivity index (χ0v) is 19.3. The maximum Gasteiger partial charge on any atom is 0.256 e. The van der Waals surface area contributed by atoms with Gasteiger partial charge in [0.25, 0.3) is 5.91 Å². The number of hydrogen-bond acceptors (Lipinski definition) is 7. The molecule has 3 aromatic rings. The Kier molecular flexibility index (Phi) is 7.24. The molecule has 0 aliphatic heterocycles. The van der Waals surface area contributed by atoms with Gasteiger partial charge in [0, 0.05) is 23.5 Å². The minimum atomic E-state index is -3.65. The third kappa shape index (κ3) is 4.89. The lowest BCUT2D eigenvalue weighted by Gasteiger charge is -2.19. The van der Waals surface area contributed by atoms with Crippen molar-refractivity contribution < 1.29 is 13.2 Å². The van der Waals surface area contributed by atoms with Gasteiger partial charge >= 0.3 is 0 Å². The molecule has 1 N–H and O–H groups in total. The standard InChI is InChI=1S/C20H22N4O3S3/c1-4-24(5-2)30(26,27)15-11-10-14(3)16(12-15)19(25)22-17-8-6-7-9-18(17)29-20-23-21-13-28-20/h6-13H,4-5H2,1-3H3,(H,22,25). The molecule has 0 spiro atoms. The Hall–Kier alpha value is -2.27. The molecule has 1 aromatic heterocycles. The Morgan fingerprint density at radius 3 is 2.57 bits per heavy atom. The molecule has 1 amide bonds. The highest BCUT2D eigenvalue weighted by molar-refractivity contribution is 8.01. The molecule has 0 fully saturated rings. The Bertz CT molecular complexity index is 1130. The van der Waals surface area contributed by atoms with E-state index in [-0.39, 0.29) is 10.8 Å². The highest BCUT2D eigenvalue weighted by Crippen LogP contribution is 2.34. The van der Waals surface area contributed by atoms with Gasteiger partial charge in [-0.2, -0.15) is 4.31 Å². The number of para-hydroxylation sites is 1. The number of hydrogen-bond donors (Lipinski definition) is 1. The maximum atomic E-state index is 13.0. The molecule has 0 aliphatic carbocycles. The summed E-state index contributed by atoms with van der Waals surface area (Å²) < 4.78 is 27.8. The van der Waals surface area contributed by atoms with E-state index >= 15 is 0 Å². The quantitative estimate of drug-likeness (QED) is 0.537. The van der Waals surface area contributed by atoms with Crippen LogP contribution in [-0.4, -0.2) is 41.9 Å². The van der Waals surface area contributed by atoms with Crippen LogP contribution in [0.15, 0.2) is 62.1 Å². The first-order chi connectivity index (χ1) is 14.4. The van der Waals surface area contributed by atoms with Crippen LogP contribution in [0.25, 0.3) is 0 Å². The van der Waals surface area contributed by atoms with Crippen molar-refractivity contribution >= 4 is 44.7 Å². The first kappa shape index (κ1) is 22.4. The number of carbonyl (C=O) groups is 1. The van der Waals surface area contributed by atoms with E-state index in [0.717, 1.165) is 9.24 Å². The van der Waals surface area contributed by atoms with E-state index in [9.17, 15) is 13.2 Å². The average molecular weight is 463 g/mol. The summed E-state index contributed by atoms with van der Waals surface area (Å²) in [7, 11) is -3.65. The molecule has 0 atom stereocenters. The molecule has 3 rings (SSSR count). The lowest BCUT2D eigenvalue weighted by molar-refractivity contribution is 0.102. The number of anilines is 1. The summed E-state index contributed by atoms with van der Waals surface area (Å²) in [5.74, 6) is -0.366. The van der Waals surface area contributed by atoms with Gasteiger partial charge in [-0.25, -0.2) is 8.42 Å². The molecular weight excluding hydrogens is 440 g/mol. The van der Waals surface area contributed by atoms with Crippen molar-refractivity contribution in [3.63, 3.8) is 0 Å². The summed E-state index contributed by atoms with van der Waals surface area (Å²) in [4.78, 5) is 14.0. The highest BCUT2D eigenvalue weighted by Gasteiger charge is 2.23. The van der Waals surface area contributed by atoms with Crippen molar-refractivity contribution in [2.24, 2.45) is 0 Å². The van der Waals surface area contributed by atoms with Crippen LogP contribution in [0.2, 0.25) is 0 Å². The number of carbonyl (C=O) groups excluding carboxylic acids is 1. The van der Waals surface area contributed by atoms with Crippen molar-refractivity contribution in [1.82, 2.24) is 14.5 Å². The van der Waals surface area contributed by atoms with E-state index in [4.69, 9.17) is 0 Å². The third-order valence-corrected chi connectivity index (χ3v) is 8.37. The number of nitrogens with one attached hydrogen (secondary N) is 1. The van der Waals surface area contributed by atoms with Crippen LogP contribution in [0.3, 0.4) is 0 Å². The monoisotopic (exact) mass is 462 g/mol. The Labute approximate surface area is 184 Å². The SMILES string of the molecule is CCN(CC)S(=O)(=O)c1ccc(C)c(C(=O)Nc2ccccc2Sc2nncs2)c1. The fraction of sp³-hybridized carbons (Fsp3) is 0.250. The second-order valence-electron chi connectivity index (χ2n) is 6.32. The number of nitrogens with zero attached hydrogens (tertiary/aromatic N) is 3. The molecule has 158 valence electrons. The molecule has 0 aliphatic rings. The van der Waals surface area contributed by atoms with Gasteiger partial charge in [-0.1, -0.05) is 55.1 Å². The Morgan fingerprint density at radius 2 is 1.90 bits per heavy atom. The minimum absolute atomic E-state index is 0.110. The second-order valence-corrected chi connectivity index (χ2v) is 10.4. The molecule has 0 unspecified atom stereocenters. The number of sulfonamides is 1. The molecule has 2 aromatic carbocycles. The number of aryl methyl sites for hydroxylation is 1. The highest BCUT2D eigenvalue weighted by atomic mass is 32.2. The van der Waals surface area contributed by atoms with Crippen LogP contribution in [0.4, 0.5) is 5.69 Å². The summed E-state index contributed by atoms with van der Waals surface area (Å²) in [5.41, 5.74) is 3.28. The van der Waals surface area contributed by atoms with E-state index in [1.54, 1.807) is 44.5 Å². The van der Waals surface area contributed by atoms with E-state index < -0.39 is 10.0 Å². The molecule has 0 saturated carbocycles. The normalized spacial score (nSPS) is 11.6.